The molecule has 1 aromatic heterocycles. The van der Waals surface area contributed by atoms with E-state index in [1.807, 2.05) is 13.0 Å². The number of esters is 1. The lowest BCUT2D eigenvalue weighted by Gasteiger charge is -2.38. The van der Waals surface area contributed by atoms with Crippen molar-refractivity contribution >= 4 is 5.97 Å². The van der Waals surface area contributed by atoms with Crippen LogP contribution < -0.4 is 5.32 Å². The smallest absolute Gasteiger partial charge is 0.374 e. The summed E-state index contributed by atoms with van der Waals surface area (Å²) in [7, 11) is 1.33. The number of nitrogens with one attached hydrogen (secondary N) is 1. The summed E-state index contributed by atoms with van der Waals surface area (Å²) in [5, 5.41) is 3.54. The summed E-state index contributed by atoms with van der Waals surface area (Å²) in [5.41, 5.74) is 1.46. The predicted molar refractivity (Wildman–Crippen MR) is 89.8 cm³/mol. The molecule has 1 N–H and O–H groups in total. The van der Waals surface area contributed by atoms with Gasteiger partial charge in [0.2, 0.25) is 5.76 Å². The zero-order valence-corrected chi connectivity index (χ0v) is 14.4. The highest BCUT2D eigenvalue weighted by atomic mass is 19.1. The molecule has 1 saturated heterocycles. The molecule has 2 heterocycles. The highest BCUT2D eigenvalue weighted by Crippen LogP contribution is 2.33. The first kappa shape index (κ1) is 17.6. The van der Waals surface area contributed by atoms with E-state index < -0.39 is 5.97 Å². The minimum absolute atomic E-state index is 0.224. The van der Waals surface area contributed by atoms with Crippen molar-refractivity contribution in [3.63, 3.8) is 0 Å². The summed E-state index contributed by atoms with van der Waals surface area (Å²) >= 11 is 0. The van der Waals surface area contributed by atoms with Crippen LogP contribution in [0.15, 0.2) is 34.7 Å². The lowest BCUT2D eigenvalue weighted by atomic mass is 9.82. The Hall–Kier alpha value is -2.18. The molecule has 6 heteroatoms. The summed E-state index contributed by atoms with van der Waals surface area (Å²) in [6, 6.07) is 8.39. The second-order valence-corrected chi connectivity index (χ2v) is 6.27. The van der Waals surface area contributed by atoms with E-state index in [4.69, 9.17) is 13.9 Å². The molecular formula is C19H22FNO4. The number of carbonyl (C=O) groups is 1. The number of methoxy groups -OCH3 is 1. The Balaban J connectivity index is 1.80. The van der Waals surface area contributed by atoms with Crippen molar-refractivity contribution in [2.45, 2.75) is 31.8 Å². The first-order valence-electron chi connectivity index (χ1n) is 8.30. The van der Waals surface area contributed by atoms with E-state index in [0.717, 1.165) is 24.0 Å². The Bertz CT molecular complexity index is 732. The molecule has 1 fully saturated rings. The third kappa shape index (κ3) is 3.75. The van der Waals surface area contributed by atoms with Crippen molar-refractivity contribution < 1.29 is 23.1 Å². The molecule has 134 valence electrons. The fraction of sp³-hybridized carbons (Fsp3) is 0.421. The van der Waals surface area contributed by atoms with Gasteiger partial charge in [0.05, 0.1) is 13.7 Å². The molecule has 0 radical (unpaired) electrons. The molecule has 0 unspecified atom stereocenters. The summed E-state index contributed by atoms with van der Waals surface area (Å²) in [4.78, 5) is 11.7. The molecule has 1 aromatic carbocycles. The fourth-order valence-corrected chi connectivity index (χ4v) is 3.24. The Labute approximate surface area is 146 Å². The van der Waals surface area contributed by atoms with E-state index in [1.165, 1.54) is 19.2 Å². The van der Waals surface area contributed by atoms with Crippen LogP contribution in [0.5, 0.6) is 0 Å². The first-order valence-corrected chi connectivity index (χ1v) is 8.30. The maximum absolute atomic E-state index is 13.3. The number of aryl methyl sites for hydroxylation is 1. The van der Waals surface area contributed by atoms with Gasteiger partial charge in [-0.2, -0.15) is 0 Å². The minimum atomic E-state index is -0.483. The van der Waals surface area contributed by atoms with Gasteiger partial charge in [-0.1, -0.05) is 12.1 Å². The summed E-state index contributed by atoms with van der Waals surface area (Å²) in [5.74, 6) is 0.145. The topological polar surface area (TPSA) is 60.7 Å². The van der Waals surface area contributed by atoms with Crippen molar-refractivity contribution in [1.82, 2.24) is 5.32 Å². The van der Waals surface area contributed by atoms with Crippen LogP contribution >= 0.6 is 0 Å². The van der Waals surface area contributed by atoms with E-state index in [2.05, 4.69) is 5.32 Å². The number of hydrogen-bond acceptors (Lipinski definition) is 5. The largest absolute Gasteiger partial charge is 0.463 e. The van der Waals surface area contributed by atoms with E-state index in [-0.39, 0.29) is 17.1 Å². The molecule has 1 aliphatic heterocycles. The molecule has 1 aliphatic rings. The van der Waals surface area contributed by atoms with E-state index in [1.54, 1.807) is 12.1 Å². The molecule has 0 saturated carbocycles. The molecule has 0 spiro atoms. The van der Waals surface area contributed by atoms with Crippen LogP contribution in [0.1, 0.15) is 40.3 Å². The molecular weight excluding hydrogens is 325 g/mol. The third-order valence-corrected chi connectivity index (χ3v) is 4.68. The van der Waals surface area contributed by atoms with Gasteiger partial charge in [-0.05, 0) is 43.5 Å². The normalized spacial score (nSPS) is 16.6. The van der Waals surface area contributed by atoms with Crippen LogP contribution in [0, 0.1) is 12.7 Å². The highest BCUT2D eigenvalue weighted by Gasteiger charge is 2.34. The molecule has 5 nitrogen and oxygen atoms in total. The van der Waals surface area contributed by atoms with Gasteiger partial charge in [0.15, 0.2) is 0 Å². The van der Waals surface area contributed by atoms with Gasteiger partial charge in [-0.25, -0.2) is 9.18 Å². The zero-order valence-electron chi connectivity index (χ0n) is 14.4. The Morgan fingerprint density at radius 3 is 2.60 bits per heavy atom. The quantitative estimate of drug-likeness (QED) is 0.841. The fourth-order valence-electron chi connectivity index (χ4n) is 3.24. The van der Waals surface area contributed by atoms with Gasteiger partial charge in [0.1, 0.15) is 11.6 Å². The van der Waals surface area contributed by atoms with Crippen molar-refractivity contribution in [3.05, 3.63) is 58.8 Å². The van der Waals surface area contributed by atoms with Crippen LogP contribution in [0.2, 0.25) is 0 Å². The molecule has 0 bridgehead atoms. The van der Waals surface area contributed by atoms with Crippen LogP contribution in [0.25, 0.3) is 0 Å². The van der Waals surface area contributed by atoms with Crippen molar-refractivity contribution in [2.24, 2.45) is 0 Å². The Morgan fingerprint density at radius 2 is 1.96 bits per heavy atom. The SMILES string of the molecule is COC(=O)c1oc(CNC2(c3ccc(F)cc3)CCOCC2)cc1C. The summed E-state index contributed by atoms with van der Waals surface area (Å²) < 4.78 is 29.1. The van der Waals surface area contributed by atoms with Crippen molar-refractivity contribution in [2.75, 3.05) is 20.3 Å². The molecule has 3 rings (SSSR count). The van der Waals surface area contributed by atoms with Crippen LogP contribution in [-0.2, 0) is 21.6 Å². The van der Waals surface area contributed by atoms with Crippen LogP contribution in [0.3, 0.4) is 0 Å². The average Bonchev–Trinajstić information content (AvgIpc) is 3.01. The molecule has 0 aliphatic carbocycles. The monoisotopic (exact) mass is 347 g/mol. The van der Waals surface area contributed by atoms with Crippen LogP contribution in [0.4, 0.5) is 4.39 Å². The molecule has 2 aromatic rings. The zero-order chi connectivity index (χ0) is 17.9. The van der Waals surface area contributed by atoms with Gasteiger partial charge in [-0.15, -0.1) is 0 Å². The Morgan fingerprint density at radius 1 is 1.28 bits per heavy atom. The second kappa shape index (κ2) is 7.37. The average molecular weight is 347 g/mol. The minimum Gasteiger partial charge on any atom is -0.463 e. The number of hydrogen-bond donors (Lipinski definition) is 1. The molecule has 0 atom stereocenters. The summed E-state index contributed by atoms with van der Waals surface area (Å²) in [6.45, 7) is 3.53. The van der Waals surface area contributed by atoms with Crippen LogP contribution in [-0.4, -0.2) is 26.3 Å². The predicted octanol–water partition coefficient (Wildman–Crippen LogP) is 3.31. The maximum Gasteiger partial charge on any atom is 0.374 e. The lowest BCUT2D eigenvalue weighted by Crippen LogP contribution is -2.46. The van der Waals surface area contributed by atoms with E-state index >= 15 is 0 Å². The Kier molecular flexibility index (Phi) is 5.20. The number of ether oxygens (including phenoxy) is 2. The first-order chi connectivity index (χ1) is 12.0. The molecule has 25 heavy (non-hydrogen) atoms. The van der Waals surface area contributed by atoms with Gasteiger partial charge in [0.25, 0.3) is 0 Å². The van der Waals surface area contributed by atoms with E-state index in [0.29, 0.717) is 25.5 Å². The number of halogens is 1. The number of benzene rings is 1. The van der Waals surface area contributed by atoms with Gasteiger partial charge in [0, 0.05) is 24.3 Å². The van der Waals surface area contributed by atoms with Gasteiger partial charge >= 0.3 is 5.97 Å². The van der Waals surface area contributed by atoms with Crippen molar-refractivity contribution in [3.8, 4) is 0 Å². The highest BCUT2D eigenvalue weighted by molar-refractivity contribution is 5.87. The second-order valence-electron chi connectivity index (χ2n) is 6.27. The number of furan rings is 1. The summed E-state index contributed by atoms with van der Waals surface area (Å²) in [6.07, 6.45) is 1.56. The standard InChI is InChI=1S/C19H22FNO4/c1-13-11-16(25-17(13)18(22)23-2)12-21-19(7-9-24-10-8-19)14-3-5-15(20)6-4-14/h3-6,11,21H,7-10,12H2,1-2H3. The number of carbonyl (C=O) groups excluding carboxylic acids is 1. The lowest BCUT2D eigenvalue weighted by molar-refractivity contribution is 0.0349. The van der Waals surface area contributed by atoms with Gasteiger partial charge in [-0.3, -0.25) is 0 Å². The van der Waals surface area contributed by atoms with Gasteiger partial charge < -0.3 is 19.2 Å². The van der Waals surface area contributed by atoms with Crippen molar-refractivity contribution in [1.29, 1.82) is 0 Å². The number of rotatable bonds is 5. The third-order valence-electron chi connectivity index (χ3n) is 4.68. The van der Waals surface area contributed by atoms with E-state index in [9.17, 15) is 9.18 Å². The maximum atomic E-state index is 13.3. The molecule has 0 amide bonds.